The Hall–Kier alpha value is -1.58. The summed E-state index contributed by atoms with van der Waals surface area (Å²) >= 11 is 0. The number of hydrogen-bond donors (Lipinski definition) is 1. The molecule has 15 heavy (non-hydrogen) atoms. The number of nitrogens with one attached hydrogen (secondary N) is 1. The summed E-state index contributed by atoms with van der Waals surface area (Å²) in [6.45, 7) is 1.59. The fourth-order valence-corrected chi connectivity index (χ4v) is 1.80. The summed E-state index contributed by atoms with van der Waals surface area (Å²) < 4.78 is 0. The number of carbonyl (C=O) groups excluding carboxylic acids is 1. The molecule has 0 radical (unpaired) electrons. The molecule has 1 aromatic heterocycles. The molecule has 4 nitrogen and oxygen atoms in total. The van der Waals surface area contributed by atoms with Crippen LogP contribution in [0.1, 0.15) is 18.4 Å². The van der Waals surface area contributed by atoms with Crippen LogP contribution in [0.4, 0.5) is 5.82 Å². The zero-order valence-corrected chi connectivity index (χ0v) is 8.86. The molecule has 1 saturated heterocycles. The van der Waals surface area contributed by atoms with Crippen LogP contribution in [0.3, 0.4) is 0 Å². The third-order valence-corrected chi connectivity index (χ3v) is 2.63. The van der Waals surface area contributed by atoms with Gasteiger partial charge in [0.25, 0.3) is 0 Å². The number of hydrogen-bond acceptors (Lipinski definition) is 3. The van der Waals surface area contributed by atoms with Crippen LogP contribution in [0.25, 0.3) is 0 Å². The van der Waals surface area contributed by atoms with E-state index in [2.05, 4.69) is 10.3 Å². The number of nitrogens with zero attached hydrogens (tertiary/aromatic N) is 2. The van der Waals surface area contributed by atoms with E-state index in [0.717, 1.165) is 24.3 Å². The zero-order chi connectivity index (χ0) is 10.7. The number of anilines is 1. The number of carbonyl (C=O) groups is 1. The monoisotopic (exact) mass is 205 g/mol. The minimum Gasteiger partial charge on any atom is -0.373 e. The normalized spacial score (nSPS) is 15.8. The maximum Gasteiger partial charge on any atom is 0.222 e. The van der Waals surface area contributed by atoms with Crippen LogP contribution in [0.15, 0.2) is 18.3 Å². The zero-order valence-electron chi connectivity index (χ0n) is 8.86. The second-order valence-electron chi connectivity index (χ2n) is 3.72. The first-order valence-corrected chi connectivity index (χ1v) is 5.20. The summed E-state index contributed by atoms with van der Waals surface area (Å²) in [7, 11) is 1.84. The van der Waals surface area contributed by atoms with Crippen molar-refractivity contribution in [1.29, 1.82) is 0 Å². The molecular formula is C11H15N3O. The lowest BCUT2D eigenvalue weighted by atomic mass is 10.2. The van der Waals surface area contributed by atoms with E-state index in [4.69, 9.17) is 0 Å². The van der Waals surface area contributed by atoms with Gasteiger partial charge in [-0.05, 0) is 24.1 Å². The maximum atomic E-state index is 11.4. The highest BCUT2D eigenvalue weighted by Crippen LogP contribution is 2.15. The van der Waals surface area contributed by atoms with Crippen molar-refractivity contribution in [1.82, 2.24) is 9.88 Å². The Kier molecular flexibility index (Phi) is 2.85. The summed E-state index contributed by atoms with van der Waals surface area (Å²) in [6, 6.07) is 3.93. The first-order valence-electron chi connectivity index (χ1n) is 5.20. The molecule has 0 aliphatic carbocycles. The van der Waals surface area contributed by atoms with Crippen LogP contribution in [0, 0.1) is 0 Å². The van der Waals surface area contributed by atoms with Crippen LogP contribution < -0.4 is 5.32 Å². The average Bonchev–Trinajstić information content (AvgIpc) is 2.65. The minimum absolute atomic E-state index is 0.262. The fraction of sp³-hybridized carbons (Fsp3) is 0.455. The van der Waals surface area contributed by atoms with E-state index in [9.17, 15) is 4.79 Å². The summed E-state index contributed by atoms with van der Waals surface area (Å²) in [4.78, 5) is 17.5. The SMILES string of the molecule is CNc1cc(CN2CCCC2=O)ccn1. The number of aromatic nitrogens is 1. The van der Waals surface area contributed by atoms with Crippen LogP contribution in [-0.2, 0) is 11.3 Å². The molecule has 0 bridgehead atoms. The Balaban J connectivity index is 2.06. The van der Waals surface area contributed by atoms with Crippen molar-refractivity contribution in [3.63, 3.8) is 0 Å². The Bertz CT molecular complexity index is 365. The van der Waals surface area contributed by atoms with E-state index in [1.165, 1.54) is 0 Å². The molecule has 2 rings (SSSR count). The van der Waals surface area contributed by atoms with Crippen LogP contribution in [-0.4, -0.2) is 29.4 Å². The molecule has 1 fully saturated rings. The summed E-state index contributed by atoms with van der Waals surface area (Å²) in [6.07, 6.45) is 3.45. The van der Waals surface area contributed by atoms with Crippen molar-refractivity contribution in [2.24, 2.45) is 0 Å². The van der Waals surface area contributed by atoms with E-state index < -0.39 is 0 Å². The van der Waals surface area contributed by atoms with E-state index >= 15 is 0 Å². The molecule has 1 amide bonds. The summed E-state index contributed by atoms with van der Waals surface area (Å²) in [5, 5.41) is 2.99. The molecule has 80 valence electrons. The standard InChI is InChI=1S/C11H15N3O/c1-12-10-7-9(4-5-13-10)8-14-6-2-3-11(14)15/h4-5,7H,2-3,6,8H2,1H3,(H,12,13). The largest absolute Gasteiger partial charge is 0.373 e. The van der Waals surface area contributed by atoms with Crippen LogP contribution in [0.2, 0.25) is 0 Å². The molecule has 0 spiro atoms. The smallest absolute Gasteiger partial charge is 0.222 e. The molecule has 0 saturated carbocycles. The predicted molar refractivity (Wildman–Crippen MR) is 58.4 cm³/mol. The second kappa shape index (κ2) is 4.29. The first kappa shape index (κ1) is 9.96. The van der Waals surface area contributed by atoms with Gasteiger partial charge < -0.3 is 10.2 Å². The van der Waals surface area contributed by atoms with E-state index in [1.54, 1.807) is 6.20 Å². The van der Waals surface area contributed by atoms with Gasteiger partial charge >= 0.3 is 0 Å². The number of amides is 1. The van der Waals surface area contributed by atoms with Gasteiger partial charge in [-0.25, -0.2) is 4.98 Å². The Morgan fingerprint density at radius 2 is 2.47 bits per heavy atom. The van der Waals surface area contributed by atoms with Crippen molar-refractivity contribution >= 4 is 11.7 Å². The van der Waals surface area contributed by atoms with Crippen molar-refractivity contribution in [2.75, 3.05) is 18.9 Å². The molecule has 1 aliphatic rings. The second-order valence-corrected chi connectivity index (χ2v) is 3.72. The van der Waals surface area contributed by atoms with E-state index in [-0.39, 0.29) is 5.91 Å². The lowest BCUT2D eigenvalue weighted by Crippen LogP contribution is -2.23. The average molecular weight is 205 g/mol. The Morgan fingerprint density at radius 3 is 3.13 bits per heavy atom. The highest BCUT2D eigenvalue weighted by molar-refractivity contribution is 5.78. The number of likely N-dealkylation sites (tertiary alicyclic amines) is 1. The van der Waals surface area contributed by atoms with Gasteiger partial charge in [0.1, 0.15) is 5.82 Å². The van der Waals surface area contributed by atoms with Crippen molar-refractivity contribution < 1.29 is 4.79 Å². The lowest BCUT2D eigenvalue weighted by molar-refractivity contribution is -0.128. The number of rotatable bonds is 3. The Morgan fingerprint density at radius 1 is 1.60 bits per heavy atom. The van der Waals surface area contributed by atoms with Crippen LogP contribution in [0.5, 0.6) is 0 Å². The quantitative estimate of drug-likeness (QED) is 0.807. The predicted octanol–water partition coefficient (Wildman–Crippen LogP) is 1.25. The van der Waals surface area contributed by atoms with Crippen molar-refractivity contribution in [3.05, 3.63) is 23.9 Å². The third kappa shape index (κ3) is 2.26. The molecular weight excluding hydrogens is 190 g/mol. The van der Waals surface area contributed by atoms with Crippen molar-refractivity contribution in [3.8, 4) is 0 Å². The Labute approximate surface area is 89.3 Å². The van der Waals surface area contributed by atoms with Gasteiger partial charge in [-0.2, -0.15) is 0 Å². The van der Waals surface area contributed by atoms with Crippen molar-refractivity contribution in [2.45, 2.75) is 19.4 Å². The summed E-state index contributed by atoms with van der Waals surface area (Å²) in [5.74, 6) is 1.11. The summed E-state index contributed by atoms with van der Waals surface area (Å²) in [5.41, 5.74) is 1.13. The van der Waals surface area contributed by atoms with Gasteiger partial charge in [-0.3, -0.25) is 4.79 Å². The lowest BCUT2D eigenvalue weighted by Gasteiger charge is -2.15. The highest BCUT2D eigenvalue weighted by atomic mass is 16.2. The highest BCUT2D eigenvalue weighted by Gasteiger charge is 2.19. The fourth-order valence-electron chi connectivity index (χ4n) is 1.80. The minimum atomic E-state index is 0.262. The molecule has 1 N–H and O–H groups in total. The van der Waals surface area contributed by atoms with Gasteiger partial charge in [-0.1, -0.05) is 0 Å². The van der Waals surface area contributed by atoms with Gasteiger partial charge in [0.05, 0.1) is 0 Å². The molecule has 1 aliphatic heterocycles. The topological polar surface area (TPSA) is 45.2 Å². The van der Waals surface area contributed by atoms with E-state index in [0.29, 0.717) is 13.0 Å². The van der Waals surface area contributed by atoms with Gasteiger partial charge in [0, 0.05) is 32.8 Å². The molecule has 0 aromatic carbocycles. The van der Waals surface area contributed by atoms with E-state index in [1.807, 2.05) is 24.1 Å². The first-order chi connectivity index (χ1) is 7.29. The molecule has 0 atom stereocenters. The van der Waals surface area contributed by atoms with Gasteiger partial charge in [0.2, 0.25) is 5.91 Å². The molecule has 0 unspecified atom stereocenters. The maximum absolute atomic E-state index is 11.4. The van der Waals surface area contributed by atoms with Crippen LogP contribution >= 0.6 is 0 Å². The molecule has 4 heteroatoms. The van der Waals surface area contributed by atoms with Gasteiger partial charge in [0.15, 0.2) is 0 Å². The molecule has 2 heterocycles. The molecule has 1 aromatic rings. The van der Waals surface area contributed by atoms with Gasteiger partial charge in [-0.15, -0.1) is 0 Å². The number of pyridine rings is 1. The third-order valence-electron chi connectivity index (χ3n) is 2.63.